The minimum atomic E-state index is -4.41. The molecule has 0 saturated heterocycles. The Kier molecular flexibility index (Phi) is 6.61. The van der Waals surface area contributed by atoms with Crippen LogP contribution in [-0.2, 0) is 11.2 Å². The average Bonchev–Trinajstić information content (AvgIpc) is 2.73. The molecule has 156 valence electrons. The summed E-state index contributed by atoms with van der Waals surface area (Å²) in [4.78, 5) is 24.6. The van der Waals surface area contributed by atoms with Crippen molar-refractivity contribution in [3.8, 4) is 17.0 Å². The fourth-order valence-electron chi connectivity index (χ4n) is 2.69. The molecule has 0 aliphatic heterocycles. The highest BCUT2D eigenvalue weighted by Crippen LogP contribution is 2.20. The number of alkyl halides is 3. The minimum Gasteiger partial charge on any atom is -0.483 e. The normalized spacial score (nSPS) is 12.3. The Labute approximate surface area is 171 Å². The molecule has 0 aliphatic carbocycles. The third-order valence-corrected chi connectivity index (χ3v) is 4.16. The second-order valence-electron chi connectivity index (χ2n) is 6.58. The molecule has 0 spiro atoms. The minimum absolute atomic E-state index is 0.0118. The van der Waals surface area contributed by atoms with E-state index in [2.05, 4.69) is 25.0 Å². The lowest BCUT2D eigenvalue weighted by Gasteiger charge is -2.14. The van der Waals surface area contributed by atoms with E-state index in [9.17, 15) is 18.0 Å². The predicted octanol–water partition coefficient (Wildman–Crippen LogP) is 3.90. The highest BCUT2D eigenvalue weighted by Gasteiger charge is 2.28. The van der Waals surface area contributed by atoms with Crippen molar-refractivity contribution in [3.05, 3.63) is 72.4 Å². The van der Waals surface area contributed by atoms with Crippen LogP contribution in [0.3, 0.4) is 0 Å². The van der Waals surface area contributed by atoms with E-state index < -0.39 is 18.8 Å². The Bertz CT molecular complexity index is 962. The zero-order valence-corrected chi connectivity index (χ0v) is 16.1. The number of amides is 1. The van der Waals surface area contributed by atoms with Gasteiger partial charge in [-0.15, -0.1) is 0 Å². The first-order valence-corrected chi connectivity index (χ1v) is 9.10. The van der Waals surface area contributed by atoms with Crippen LogP contribution in [0.5, 0.6) is 5.75 Å². The molecule has 9 heteroatoms. The quantitative estimate of drug-likeness (QED) is 0.632. The van der Waals surface area contributed by atoms with Gasteiger partial charge in [-0.2, -0.15) is 13.2 Å². The Balaban J connectivity index is 1.53. The van der Waals surface area contributed by atoms with Crippen LogP contribution in [0.4, 0.5) is 13.2 Å². The summed E-state index contributed by atoms with van der Waals surface area (Å²) in [6, 6.07) is 9.94. The molecule has 1 amide bonds. The molecule has 2 heterocycles. The second-order valence-corrected chi connectivity index (χ2v) is 6.58. The predicted molar refractivity (Wildman–Crippen MR) is 104 cm³/mol. The number of halogens is 3. The molecule has 6 nitrogen and oxygen atoms in total. The van der Waals surface area contributed by atoms with Gasteiger partial charge in [0, 0.05) is 18.0 Å². The van der Waals surface area contributed by atoms with Crippen LogP contribution in [0, 0.1) is 0 Å². The van der Waals surface area contributed by atoms with Gasteiger partial charge in [-0.1, -0.05) is 24.3 Å². The molecule has 30 heavy (non-hydrogen) atoms. The standard InChI is InChI=1S/C21H19F3N4O2/c1-14(18-7-6-17(11-27-18)30-13-21(22,23)24)28-20(29)10-15-2-4-16(5-3-15)19-12-25-8-9-26-19/h2-9,11-12,14H,10,13H2,1H3,(H,28,29)/t14-/m1/s1. The van der Waals surface area contributed by atoms with Crippen LogP contribution < -0.4 is 10.1 Å². The van der Waals surface area contributed by atoms with E-state index in [1.54, 1.807) is 25.5 Å². The summed E-state index contributed by atoms with van der Waals surface area (Å²) >= 11 is 0. The summed E-state index contributed by atoms with van der Waals surface area (Å²) in [6.45, 7) is 0.365. The number of rotatable bonds is 7. The van der Waals surface area contributed by atoms with Gasteiger partial charge in [-0.05, 0) is 24.6 Å². The van der Waals surface area contributed by atoms with E-state index in [4.69, 9.17) is 0 Å². The van der Waals surface area contributed by atoms with Crippen LogP contribution in [-0.4, -0.2) is 33.6 Å². The molecular weight excluding hydrogens is 397 g/mol. The third kappa shape index (κ3) is 6.26. The lowest BCUT2D eigenvalue weighted by molar-refractivity contribution is -0.153. The molecule has 1 aromatic carbocycles. The summed E-state index contributed by atoms with van der Waals surface area (Å²) in [6.07, 6.45) is 1.84. The largest absolute Gasteiger partial charge is 0.483 e. The van der Waals surface area contributed by atoms with Crippen LogP contribution >= 0.6 is 0 Å². The highest BCUT2D eigenvalue weighted by atomic mass is 19.4. The number of aromatic nitrogens is 3. The first-order chi connectivity index (χ1) is 14.3. The molecular formula is C21H19F3N4O2. The monoisotopic (exact) mass is 416 g/mol. The van der Waals surface area contributed by atoms with Crippen LogP contribution in [0.25, 0.3) is 11.3 Å². The smallest absolute Gasteiger partial charge is 0.422 e. The molecule has 1 atom stereocenters. The summed E-state index contributed by atoms with van der Waals surface area (Å²) in [5, 5.41) is 2.82. The van der Waals surface area contributed by atoms with Crippen LogP contribution in [0.2, 0.25) is 0 Å². The maximum Gasteiger partial charge on any atom is 0.422 e. The number of pyridine rings is 1. The first kappa shape index (κ1) is 21.2. The number of hydrogen-bond donors (Lipinski definition) is 1. The van der Waals surface area contributed by atoms with E-state index in [0.717, 1.165) is 16.8 Å². The number of carbonyl (C=O) groups excluding carboxylic acids is 1. The van der Waals surface area contributed by atoms with Crippen molar-refractivity contribution in [2.45, 2.75) is 25.6 Å². The Morgan fingerprint density at radius 3 is 2.43 bits per heavy atom. The lowest BCUT2D eigenvalue weighted by Crippen LogP contribution is -2.28. The summed E-state index contributed by atoms with van der Waals surface area (Å²) < 4.78 is 41.2. The van der Waals surface area contributed by atoms with Crippen molar-refractivity contribution in [2.75, 3.05) is 6.61 Å². The third-order valence-electron chi connectivity index (χ3n) is 4.16. The summed E-state index contributed by atoms with van der Waals surface area (Å²) in [7, 11) is 0. The van der Waals surface area contributed by atoms with Crippen molar-refractivity contribution in [1.29, 1.82) is 0 Å². The van der Waals surface area contributed by atoms with Crippen LogP contribution in [0.1, 0.15) is 24.2 Å². The van der Waals surface area contributed by atoms with Crippen molar-refractivity contribution in [1.82, 2.24) is 20.3 Å². The molecule has 0 bridgehead atoms. The lowest BCUT2D eigenvalue weighted by atomic mass is 10.1. The van der Waals surface area contributed by atoms with E-state index in [1.807, 2.05) is 24.3 Å². The molecule has 0 saturated carbocycles. The van der Waals surface area contributed by atoms with E-state index in [-0.39, 0.29) is 18.1 Å². The molecule has 2 aromatic heterocycles. The van der Waals surface area contributed by atoms with Crippen molar-refractivity contribution in [3.63, 3.8) is 0 Å². The number of nitrogens with one attached hydrogen (secondary N) is 1. The Morgan fingerprint density at radius 2 is 1.83 bits per heavy atom. The SMILES string of the molecule is C[C@@H](NC(=O)Cc1ccc(-c2cnccn2)cc1)c1ccc(OCC(F)(F)F)cn1. The van der Waals surface area contributed by atoms with Crippen molar-refractivity contribution < 1.29 is 22.7 Å². The number of benzene rings is 1. The van der Waals surface area contributed by atoms with Gasteiger partial charge in [0.1, 0.15) is 5.75 Å². The molecule has 0 radical (unpaired) electrons. The summed E-state index contributed by atoms with van der Waals surface area (Å²) in [5.74, 6) is -0.188. The highest BCUT2D eigenvalue weighted by molar-refractivity contribution is 5.79. The van der Waals surface area contributed by atoms with Gasteiger partial charge < -0.3 is 10.1 Å². The number of carbonyl (C=O) groups is 1. The average molecular weight is 416 g/mol. The molecule has 0 unspecified atom stereocenters. The Hall–Kier alpha value is -3.49. The van der Waals surface area contributed by atoms with Crippen molar-refractivity contribution >= 4 is 5.91 Å². The topological polar surface area (TPSA) is 77.0 Å². The molecule has 1 N–H and O–H groups in total. The van der Waals surface area contributed by atoms with Gasteiger partial charge in [0.05, 0.1) is 36.2 Å². The van der Waals surface area contributed by atoms with Gasteiger partial charge in [0.25, 0.3) is 0 Å². The zero-order chi connectivity index (χ0) is 21.6. The zero-order valence-electron chi connectivity index (χ0n) is 16.1. The maximum atomic E-state index is 12.3. The second kappa shape index (κ2) is 9.34. The number of hydrogen-bond acceptors (Lipinski definition) is 5. The molecule has 0 aliphatic rings. The maximum absolute atomic E-state index is 12.3. The molecule has 3 aromatic rings. The van der Waals surface area contributed by atoms with Crippen molar-refractivity contribution in [2.24, 2.45) is 0 Å². The fraction of sp³-hybridized carbons (Fsp3) is 0.238. The Morgan fingerprint density at radius 1 is 1.07 bits per heavy atom. The first-order valence-electron chi connectivity index (χ1n) is 9.10. The van der Waals surface area contributed by atoms with Gasteiger partial charge in [-0.3, -0.25) is 19.7 Å². The van der Waals surface area contributed by atoms with E-state index in [0.29, 0.717) is 5.69 Å². The van der Waals surface area contributed by atoms with Gasteiger partial charge in [-0.25, -0.2) is 0 Å². The number of ether oxygens (including phenoxy) is 1. The summed E-state index contributed by atoms with van der Waals surface area (Å²) in [5.41, 5.74) is 2.99. The van der Waals surface area contributed by atoms with E-state index in [1.165, 1.54) is 18.3 Å². The molecule has 3 rings (SSSR count). The number of nitrogens with zero attached hydrogens (tertiary/aromatic N) is 3. The van der Waals surface area contributed by atoms with Gasteiger partial charge in [0.2, 0.25) is 5.91 Å². The van der Waals surface area contributed by atoms with Gasteiger partial charge >= 0.3 is 6.18 Å². The van der Waals surface area contributed by atoms with Gasteiger partial charge in [0.15, 0.2) is 6.61 Å². The molecule has 0 fully saturated rings. The van der Waals surface area contributed by atoms with E-state index >= 15 is 0 Å². The fourth-order valence-corrected chi connectivity index (χ4v) is 2.69. The van der Waals surface area contributed by atoms with Crippen LogP contribution in [0.15, 0.2) is 61.2 Å².